The fourth-order valence-corrected chi connectivity index (χ4v) is 3.23. The number of hydrogen-bond acceptors (Lipinski definition) is 3. The zero-order valence-electron chi connectivity index (χ0n) is 12.0. The number of thiophene rings is 2. The molecule has 0 saturated heterocycles. The number of nitrogens with one attached hydrogen (secondary N) is 1. The first-order valence-electron chi connectivity index (χ1n) is 6.73. The standard InChI is InChI=1S/C12H10N2S.C5H6S/c1-8-6-9(7-15-8)12-13-10-4-2-3-5-11(10)14-12;1-5-3-2-4-6-5/h2-7H,1H3,(H,13,14);2-4H,1H3. The minimum Gasteiger partial charge on any atom is -0.338 e. The topological polar surface area (TPSA) is 28.7 Å². The third kappa shape index (κ3) is 3.40. The van der Waals surface area contributed by atoms with E-state index in [0.29, 0.717) is 0 Å². The second-order valence-electron chi connectivity index (χ2n) is 4.77. The van der Waals surface area contributed by atoms with Gasteiger partial charge in [-0.25, -0.2) is 4.98 Å². The fraction of sp³-hybridized carbons (Fsp3) is 0.118. The molecular weight excluding hydrogens is 296 g/mol. The molecule has 4 aromatic rings. The van der Waals surface area contributed by atoms with E-state index in [0.717, 1.165) is 16.9 Å². The maximum absolute atomic E-state index is 4.55. The van der Waals surface area contributed by atoms with E-state index in [9.17, 15) is 0 Å². The van der Waals surface area contributed by atoms with Crippen LogP contribution in [0, 0.1) is 13.8 Å². The minimum atomic E-state index is 0.959. The first kappa shape index (κ1) is 14.0. The lowest BCUT2D eigenvalue weighted by molar-refractivity contribution is 1.34. The second-order valence-corrected chi connectivity index (χ2v) is 7.04. The number of hydrogen-bond donors (Lipinski definition) is 1. The lowest BCUT2D eigenvalue weighted by Gasteiger charge is -1.87. The molecule has 0 atom stereocenters. The summed E-state index contributed by atoms with van der Waals surface area (Å²) in [5.41, 5.74) is 3.29. The highest BCUT2D eigenvalue weighted by Gasteiger charge is 2.05. The molecule has 0 fully saturated rings. The van der Waals surface area contributed by atoms with Gasteiger partial charge in [0.1, 0.15) is 5.82 Å². The van der Waals surface area contributed by atoms with Crippen LogP contribution in [-0.4, -0.2) is 9.97 Å². The Bertz CT molecular complexity index is 792. The molecule has 0 unspecified atom stereocenters. The van der Waals surface area contributed by atoms with Crippen LogP contribution >= 0.6 is 22.7 Å². The third-order valence-corrected chi connectivity index (χ3v) is 4.72. The van der Waals surface area contributed by atoms with Crippen LogP contribution in [0.2, 0.25) is 0 Å². The van der Waals surface area contributed by atoms with Crippen LogP contribution in [-0.2, 0) is 0 Å². The molecule has 0 aliphatic carbocycles. The SMILES string of the molecule is Cc1cc(-c2nc3ccccc3[nH]2)cs1.Cc1cccs1. The van der Waals surface area contributed by atoms with Crippen molar-refractivity contribution in [2.75, 3.05) is 0 Å². The number of H-pyrrole nitrogens is 1. The first-order valence-corrected chi connectivity index (χ1v) is 8.48. The van der Waals surface area contributed by atoms with Gasteiger partial charge in [0.2, 0.25) is 0 Å². The average molecular weight is 312 g/mol. The van der Waals surface area contributed by atoms with Gasteiger partial charge in [0.25, 0.3) is 0 Å². The Morgan fingerprint density at radius 1 is 0.952 bits per heavy atom. The molecule has 0 radical (unpaired) electrons. The van der Waals surface area contributed by atoms with Crippen LogP contribution in [0.1, 0.15) is 9.75 Å². The molecule has 21 heavy (non-hydrogen) atoms. The molecule has 4 rings (SSSR count). The maximum Gasteiger partial charge on any atom is 0.139 e. The number of aromatic nitrogens is 2. The molecule has 3 aromatic heterocycles. The van der Waals surface area contributed by atoms with Crippen molar-refractivity contribution in [2.24, 2.45) is 0 Å². The molecule has 4 heteroatoms. The molecule has 1 N–H and O–H groups in total. The summed E-state index contributed by atoms with van der Waals surface area (Å²) in [5.74, 6) is 0.959. The molecular formula is C17H16N2S2. The summed E-state index contributed by atoms with van der Waals surface area (Å²) in [6.07, 6.45) is 0. The zero-order valence-corrected chi connectivity index (χ0v) is 13.6. The summed E-state index contributed by atoms with van der Waals surface area (Å²) in [6.45, 7) is 4.21. The molecule has 3 heterocycles. The van der Waals surface area contributed by atoms with Crippen molar-refractivity contribution in [3.8, 4) is 11.4 Å². The molecule has 0 spiro atoms. The molecule has 0 aliphatic heterocycles. The number of imidazole rings is 1. The monoisotopic (exact) mass is 312 g/mol. The average Bonchev–Trinajstić information content (AvgIpc) is 3.19. The molecule has 0 saturated carbocycles. The van der Waals surface area contributed by atoms with Crippen LogP contribution in [0.4, 0.5) is 0 Å². The Morgan fingerprint density at radius 2 is 1.81 bits per heavy atom. The highest BCUT2D eigenvalue weighted by molar-refractivity contribution is 7.10. The highest BCUT2D eigenvalue weighted by Crippen LogP contribution is 2.24. The predicted octanol–water partition coefficient (Wildman–Crippen LogP) is 5.66. The van der Waals surface area contributed by atoms with Crippen molar-refractivity contribution >= 4 is 33.7 Å². The maximum atomic E-state index is 4.55. The van der Waals surface area contributed by atoms with Crippen molar-refractivity contribution in [3.63, 3.8) is 0 Å². The number of rotatable bonds is 1. The lowest BCUT2D eigenvalue weighted by Crippen LogP contribution is -1.74. The minimum absolute atomic E-state index is 0.959. The van der Waals surface area contributed by atoms with E-state index in [4.69, 9.17) is 0 Å². The number of para-hydroxylation sites is 2. The number of aryl methyl sites for hydroxylation is 2. The van der Waals surface area contributed by atoms with Gasteiger partial charge in [-0.05, 0) is 43.5 Å². The van der Waals surface area contributed by atoms with E-state index in [2.05, 4.69) is 52.8 Å². The van der Waals surface area contributed by atoms with E-state index in [1.165, 1.54) is 15.3 Å². The van der Waals surface area contributed by atoms with Crippen LogP contribution in [0.5, 0.6) is 0 Å². The summed E-state index contributed by atoms with van der Waals surface area (Å²) < 4.78 is 0. The number of fused-ring (bicyclic) bond motifs is 1. The summed E-state index contributed by atoms with van der Waals surface area (Å²) in [6, 6.07) is 14.4. The van der Waals surface area contributed by atoms with Gasteiger partial charge in [0.15, 0.2) is 0 Å². The normalized spacial score (nSPS) is 10.4. The molecule has 2 nitrogen and oxygen atoms in total. The summed E-state index contributed by atoms with van der Waals surface area (Å²) >= 11 is 3.53. The smallest absolute Gasteiger partial charge is 0.139 e. The second kappa shape index (κ2) is 6.24. The Morgan fingerprint density at radius 3 is 2.38 bits per heavy atom. The molecule has 0 amide bonds. The van der Waals surface area contributed by atoms with Crippen molar-refractivity contribution < 1.29 is 0 Å². The van der Waals surface area contributed by atoms with Gasteiger partial charge in [-0.2, -0.15) is 0 Å². The van der Waals surface area contributed by atoms with Gasteiger partial charge in [0, 0.05) is 20.7 Å². The van der Waals surface area contributed by atoms with E-state index >= 15 is 0 Å². The number of nitrogens with zero attached hydrogens (tertiary/aromatic N) is 1. The van der Waals surface area contributed by atoms with E-state index in [1.807, 2.05) is 24.3 Å². The number of benzene rings is 1. The number of aromatic amines is 1. The van der Waals surface area contributed by atoms with Crippen molar-refractivity contribution in [3.05, 3.63) is 63.0 Å². The van der Waals surface area contributed by atoms with Crippen LogP contribution in [0.3, 0.4) is 0 Å². The molecule has 106 valence electrons. The van der Waals surface area contributed by atoms with Gasteiger partial charge in [-0.3, -0.25) is 0 Å². The fourth-order valence-electron chi connectivity index (χ4n) is 2.02. The summed E-state index contributed by atoms with van der Waals surface area (Å²) in [7, 11) is 0. The quantitative estimate of drug-likeness (QED) is 0.483. The Labute approximate surface area is 132 Å². The van der Waals surface area contributed by atoms with Gasteiger partial charge >= 0.3 is 0 Å². The van der Waals surface area contributed by atoms with E-state index in [-0.39, 0.29) is 0 Å². The zero-order chi connectivity index (χ0) is 14.7. The first-order chi connectivity index (χ1) is 10.2. The van der Waals surface area contributed by atoms with Crippen molar-refractivity contribution in [1.82, 2.24) is 9.97 Å². The highest BCUT2D eigenvalue weighted by atomic mass is 32.1. The Kier molecular flexibility index (Phi) is 4.18. The predicted molar refractivity (Wildman–Crippen MR) is 93.2 cm³/mol. The molecule has 0 bridgehead atoms. The van der Waals surface area contributed by atoms with Gasteiger partial charge in [0.05, 0.1) is 11.0 Å². The lowest BCUT2D eigenvalue weighted by atomic mass is 10.3. The van der Waals surface area contributed by atoms with E-state index in [1.54, 1.807) is 22.7 Å². The van der Waals surface area contributed by atoms with Crippen LogP contribution < -0.4 is 0 Å². The van der Waals surface area contributed by atoms with Gasteiger partial charge in [-0.15, -0.1) is 22.7 Å². The molecule has 0 aliphatic rings. The van der Waals surface area contributed by atoms with Gasteiger partial charge in [-0.1, -0.05) is 18.2 Å². The van der Waals surface area contributed by atoms with Gasteiger partial charge < -0.3 is 4.98 Å². The third-order valence-electron chi connectivity index (χ3n) is 3.06. The summed E-state index contributed by atoms with van der Waals surface area (Å²) in [5, 5.41) is 4.21. The largest absolute Gasteiger partial charge is 0.338 e. The van der Waals surface area contributed by atoms with E-state index < -0.39 is 0 Å². The molecule has 1 aromatic carbocycles. The summed E-state index contributed by atoms with van der Waals surface area (Å²) in [4.78, 5) is 10.6. The van der Waals surface area contributed by atoms with Crippen molar-refractivity contribution in [2.45, 2.75) is 13.8 Å². The Hall–Kier alpha value is -1.91. The van der Waals surface area contributed by atoms with Crippen molar-refractivity contribution in [1.29, 1.82) is 0 Å². The van der Waals surface area contributed by atoms with Crippen LogP contribution in [0.15, 0.2) is 53.2 Å². The van der Waals surface area contributed by atoms with Crippen LogP contribution in [0.25, 0.3) is 22.4 Å². The Balaban J connectivity index is 0.000000186.